The van der Waals surface area contributed by atoms with E-state index in [4.69, 9.17) is 19.2 Å². The lowest BCUT2D eigenvalue weighted by atomic mass is 9.92. The Kier molecular flexibility index (Phi) is 5.94. The van der Waals surface area contributed by atoms with E-state index in [2.05, 4.69) is 36.2 Å². The second kappa shape index (κ2) is 9.17. The summed E-state index contributed by atoms with van der Waals surface area (Å²) in [4.78, 5) is 19.8. The van der Waals surface area contributed by atoms with E-state index in [1.165, 1.54) is 6.42 Å². The molecule has 7 heteroatoms. The van der Waals surface area contributed by atoms with E-state index < -0.39 is 0 Å². The fourth-order valence-corrected chi connectivity index (χ4v) is 4.71. The maximum Gasteiger partial charge on any atom is 0.262 e. The molecule has 2 aliphatic rings. The zero-order valence-corrected chi connectivity index (χ0v) is 19.0. The molecule has 0 aliphatic carbocycles. The first-order chi connectivity index (χ1) is 16.0. The standard InChI is InChI=1S/C26H29N3O4/c1-17-12-18(2)15-29(14-17)24-9-6-19-4-3-5-22(26(19)28-24)33-16-25(30)27-20-7-8-21-23(13-20)32-11-10-31-21/h3-9,13,17-18H,10-12,14-16H2,1-2H3,(H,27,30). The van der Waals surface area contributed by atoms with Crippen molar-refractivity contribution in [3.8, 4) is 17.2 Å². The van der Waals surface area contributed by atoms with Crippen molar-refractivity contribution in [2.45, 2.75) is 20.3 Å². The van der Waals surface area contributed by atoms with Gasteiger partial charge in [0, 0.05) is 30.2 Å². The number of piperidine rings is 1. The maximum atomic E-state index is 12.5. The van der Waals surface area contributed by atoms with Crippen LogP contribution in [0.25, 0.3) is 10.9 Å². The monoisotopic (exact) mass is 447 g/mol. The smallest absolute Gasteiger partial charge is 0.262 e. The molecule has 1 aromatic heterocycles. The van der Waals surface area contributed by atoms with Crippen molar-refractivity contribution in [2.75, 3.05) is 43.1 Å². The van der Waals surface area contributed by atoms with Crippen molar-refractivity contribution in [3.05, 3.63) is 48.5 Å². The summed E-state index contributed by atoms with van der Waals surface area (Å²) in [5, 5.41) is 3.84. The number of pyridine rings is 1. The van der Waals surface area contributed by atoms with Gasteiger partial charge in [-0.3, -0.25) is 4.79 Å². The highest BCUT2D eigenvalue weighted by atomic mass is 16.6. The van der Waals surface area contributed by atoms with E-state index in [1.54, 1.807) is 18.2 Å². The maximum absolute atomic E-state index is 12.5. The van der Waals surface area contributed by atoms with Crippen LogP contribution in [0.3, 0.4) is 0 Å². The molecule has 1 N–H and O–H groups in total. The van der Waals surface area contributed by atoms with Crippen LogP contribution in [-0.2, 0) is 4.79 Å². The Morgan fingerprint density at radius 2 is 1.85 bits per heavy atom. The molecule has 0 saturated carbocycles. The molecular weight excluding hydrogens is 418 g/mol. The van der Waals surface area contributed by atoms with Crippen molar-refractivity contribution in [1.82, 2.24) is 4.98 Å². The Bertz CT molecular complexity index is 1160. The third-order valence-corrected chi connectivity index (χ3v) is 6.05. The highest BCUT2D eigenvalue weighted by molar-refractivity contribution is 5.93. The van der Waals surface area contributed by atoms with E-state index in [0.717, 1.165) is 29.8 Å². The first-order valence-corrected chi connectivity index (χ1v) is 11.5. The molecule has 172 valence electrons. The van der Waals surface area contributed by atoms with Crippen molar-refractivity contribution in [1.29, 1.82) is 0 Å². The lowest BCUT2D eigenvalue weighted by Crippen LogP contribution is -2.39. The molecule has 3 aromatic rings. The number of hydrogen-bond acceptors (Lipinski definition) is 6. The minimum absolute atomic E-state index is 0.114. The number of nitrogens with one attached hydrogen (secondary N) is 1. The van der Waals surface area contributed by atoms with Gasteiger partial charge >= 0.3 is 0 Å². The number of para-hydroxylation sites is 1. The average Bonchev–Trinajstić information content (AvgIpc) is 2.81. The summed E-state index contributed by atoms with van der Waals surface area (Å²) >= 11 is 0. The van der Waals surface area contributed by atoms with E-state index >= 15 is 0 Å². The van der Waals surface area contributed by atoms with Gasteiger partial charge in [-0.1, -0.05) is 26.0 Å². The summed E-state index contributed by atoms with van der Waals surface area (Å²) in [5.74, 6) is 3.91. The molecule has 5 rings (SSSR count). The number of carbonyl (C=O) groups is 1. The largest absolute Gasteiger partial charge is 0.486 e. The molecule has 7 nitrogen and oxygen atoms in total. The van der Waals surface area contributed by atoms with Crippen LogP contribution in [0.2, 0.25) is 0 Å². The van der Waals surface area contributed by atoms with E-state index in [-0.39, 0.29) is 12.5 Å². The Hall–Kier alpha value is -3.48. The Balaban J connectivity index is 1.29. The number of benzene rings is 2. The van der Waals surface area contributed by atoms with Crippen LogP contribution in [0.4, 0.5) is 11.5 Å². The number of ether oxygens (including phenoxy) is 3. The van der Waals surface area contributed by atoms with Gasteiger partial charge in [0.25, 0.3) is 5.91 Å². The first kappa shape index (κ1) is 21.4. The van der Waals surface area contributed by atoms with Crippen molar-refractivity contribution in [2.24, 2.45) is 11.8 Å². The first-order valence-electron chi connectivity index (χ1n) is 11.5. The minimum Gasteiger partial charge on any atom is -0.486 e. The van der Waals surface area contributed by atoms with Crippen LogP contribution in [0, 0.1) is 11.8 Å². The number of hydrogen-bond donors (Lipinski definition) is 1. The van der Waals surface area contributed by atoms with Crippen LogP contribution in [0.5, 0.6) is 17.2 Å². The van der Waals surface area contributed by atoms with Gasteiger partial charge < -0.3 is 24.4 Å². The zero-order valence-electron chi connectivity index (χ0n) is 19.0. The van der Waals surface area contributed by atoms with Crippen LogP contribution in [-0.4, -0.2) is 43.8 Å². The van der Waals surface area contributed by atoms with Crippen LogP contribution in [0.15, 0.2) is 48.5 Å². The molecule has 1 fully saturated rings. The average molecular weight is 448 g/mol. The van der Waals surface area contributed by atoms with Crippen molar-refractivity contribution >= 4 is 28.3 Å². The molecular formula is C26H29N3O4. The quantitative estimate of drug-likeness (QED) is 0.621. The molecule has 0 bridgehead atoms. The molecule has 1 saturated heterocycles. The summed E-state index contributed by atoms with van der Waals surface area (Å²) in [7, 11) is 0. The Labute approximate surface area is 193 Å². The molecule has 0 spiro atoms. The van der Waals surface area contributed by atoms with Gasteiger partial charge in [-0.25, -0.2) is 4.98 Å². The molecule has 2 aromatic carbocycles. The van der Waals surface area contributed by atoms with E-state index in [9.17, 15) is 4.79 Å². The molecule has 0 radical (unpaired) electrons. The fourth-order valence-electron chi connectivity index (χ4n) is 4.71. The Morgan fingerprint density at radius 3 is 2.67 bits per heavy atom. The predicted octanol–water partition coefficient (Wildman–Crippen LogP) is 4.51. The van der Waals surface area contributed by atoms with Crippen molar-refractivity contribution in [3.63, 3.8) is 0 Å². The number of carbonyl (C=O) groups excluding carboxylic acids is 1. The van der Waals surface area contributed by atoms with Gasteiger partial charge in [-0.15, -0.1) is 0 Å². The van der Waals surface area contributed by atoms with Crippen LogP contribution < -0.4 is 24.4 Å². The predicted molar refractivity (Wildman–Crippen MR) is 128 cm³/mol. The van der Waals surface area contributed by atoms with Gasteiger partial charge in [0.05, 0.1) is 0 Å². The SMILES string of the molecule is CC1CC(C)CN(c2ccc3cccc(OCC(=O)Nc4ccc5c(c4)OCCO5)c3n2)C1. The summed E-state index contributed by atoms with van der Waals surface area (Å²) in [5.41, 5.74) is 1.41. The molecule has 2 atom stereocenters. The number of amides is 1. The van der Waals surface area contributed by atoms with E-state index in [1.807, 2.05) is 18.2 Å². The molecule has 3 heterocycles. The Morgan fingerprint density at radius 1 is 1.06 bits per heavy atom. The topological polar surface area (TPSA) is 72.9 Å². The summed E-state index contributed by atoms with van der Waals surface area (Å²) in [6, 6.07) is 15.3. The third kappa shape index (κ3) is 4.82. The highest BCUT2D eigenvalue weighted by Crippen LogP contribution is 2.33. The molecule has 2 unspecified atom stereocenters. The summed E-state index contributed by atoms with van der Waals surface area (Å²) in [6.45, 7) is 7.50. The van der Waals surface area contributed by atoms with Gasteiger partial charge in [0.15, 0.2) is 18.1 Å². The van der Waals surface area contributed by atoms with Crippen LogP contribution >= 0.6 is 0 Å². The number of nitrogens with zero attached hydrogens (tertiary/aromatic N) is 2. The second-order valence-electron chi connectivity index (χ2n) is 9.04. The zero-order chi connectivity index (χ0) is 22.8. The summed E-state index contributed by atoms with van der Waals surface area (Å²) < 4.78 is 17.0. The minimum atomic E-state index is -0.251. The van der Waals surface area contributed by atoms with Crippen molar-refractivity contribution < 1.29 is 19.0 Å². The number of anilines is 2. The lowest BCUT2D eigenvalue weighted by Gasteiger charge is -2.35. The third-order valence-electron chi connectivity index (χ3n) is 6.05. The molecule has 2 aliphatic heterocycles. The van der Waals surface area contributed by atoms with Gasteiger partial charge in [0.1, 0.15) is 30.3 Å². The normalized spacial score (nSPS) is 19.9. The second-order valence-corrected chi connectivity index (χ2v) is 9.04. The number of fused-ring (bicyclic) bond motifs is 2. The fraction of sp³-hybridized carbons (Fsp3) is 0.385. The molecule has 33 heavy (non-hydrogen) atoms. The van der Waals surface area contributed by atoms with Crippen LogP contribution in [0.1, 0.15) is 20.3 Å². The van der Waals surface area contributed by atoms with Gasteiger partial charge in [0.2, 0.25) is 0 Å². The lowest BCUT2D eigenvalue weighted by molar-refractivity contribution is -0.118. The molecule has 1 amide bonds. The number of aromatic nitrogens is 1. The summed E-state index contributed by atoms with van der Waals surface area (Å²) in [6.07, 6.45) is 1.25. The van der Waals surface area contributed by atoms with Gasteiger partial charge in [-0.05, 0) is 48.6 Å². The van der Waals surface area contributed by atoms with Gasteiger partial charge in [-0.2, -0.15) is 0 Å². The highest BCUT2D eigenvalue weighted by Gasteiger charge is 2.23. The van der Waals surface area contributed by atoms with E-state index in [0.29, 0.717) is 48.0 Å². The number of rotatable bonds is 5.